The molecule has 1 heterocycles. The molecule has 86 valence electrons. The highest BCUT2D eigenvalue weighted by atomic mass is 16.2. The highest BCUT2D eigenvalue weighted by Crippen LogP contribution is 2.18. The molecular weight excluding hydrogens is 204 g/mol. The van der Waals surface area contributed by atoms with Gasteiger partial charge < -0.3 is 10.6 Å². The first-order valence-corrected chi connectivity index (χ1v) is 5.54. The van der Waals surface area contributed by atoms with Crippen molar-refractivity contribution in [1.29, 1.82) is 0 Å². The highest BCUT2D eigenvalue weighted by Gasteiger charge is 2.25. The Morgan fingerprint density at radius 3 is 3.06 bits per heavy atom. The molecule has 1 aromatic rings. The topological polar surface area (TPSA) is 66.9 Å². The zero-order valence-corrected chi connectivity index (χ0v) is 9.31. The van der Waals surface area contributed by atoms with Gasteiger partial charge in [0.2, 0.25) is 5.91 Å². The van der Waals surface area contributed by atoms with Crippen molar-refractivity contribution in [1.82, 2.24) is 20.6 Å². The maximum atomic E-state index is 11.6. The summed E-state index contributed by atoms with van der Waals surface area (Å²) in [7, 11) is 0. The Balaban J connectivity index is 1.74. The Labute approximate surface area is 94.7 Å². The first-order chi connectivity index (χ1) is 7.75. The molecule has 1 aliphatic rings. The van der Waals surface area contributed by atoms with Crippen LogP contribution in [0, 0.1) is 0 Å². The third-order valence-corrected chi connectivity index (χ3v) is 2.55. The summed E-state index contributed by atoms with van der Waals surface area (Å²) in [6, 6.07) is 2.06. The van der Waals surface area contributed by atoms with E-state index in [1.54, 1.807) is 6.20 Å². The van der Waals surface area contributed by atoms with Crippen LogP contribution in [0.4, 0.5) is 0 Å². The minimum absolute atomic E-state index is 0.0663. The van der Waals surface area contributed by atoms with Gasteiger partial charge in [-0.1, -0.05) is 0 Å². The van der Waals surface area contributed by atoms with Gasteiger partial charge in [0.15, 0.2) is 0 Å². The number of aromatic nitrogens is 2. The first kappa shape index (κ1) is 11.0. The van der Waals surface area contributed by atoms with Gasteiger partial charge in [-0.25, -0.2) is 9.97 Å². The lowest BCUT2D eigenvalue weighted by Gasteiger charge is -2.13. The SMILES string of the molecule is CC(NCc1ccncn1)C(=O)NC1CC1. The van der Waals surface area contributed by atoms with Crippen LogP contribution in [0.2, 0.25) is 0 Å². The lowest BCUT2D eigenvalue weighted by Crippen LogP contribution is -2.42. The number of hydrogen-bond acceptors (Lipinski definition) is 4. The van der Waals surface area contributed by atoms with Crippen molar-refractivity contribution in [2.75, 3.05) is 0 Å². The normalized spacial score (nSPS) is 16.8. The summed E-state index contributed by atoms with van der Waals surface area (Å²) in [5, 5.41) is 6.09. The molecule has 1 atom stereocenters. The third kappa shape index (κ3) is 3.27. The van der Waals surface area contributed by atoms with Crippen LogP contribution in [0.1, 0.15) is 25.5 Å². The molecule has 0 saturated heterocycles. The number of amides is 1. The summed E-state index contributed by atoms with van der Waals surface area (Å²) in [5.74, 6) is 0.0663. The maximum absolute atomic E-state index is 11.6. The van der Waals surface area contributed by atoms with Crippen molar-refractivity contribution in [3.05, 3.63) is 24.3 Å². The van der Waals surface area contributed by atoms with Gasteiger partial charge in [-0.15, -0.1) is 0 Å². The van der Waals surface area contributed by atoms with Gasteiger partial charge in [0.05, 0.1) is 11.7 Å². The molecular formula is C11H16N4O. The monoisotopic (exact) mass is 220 g/mol. The van der Waals surface area contributed by atoms with Crippen LogP contribution < -0.4 is 10.6 Å². The molecule has 1 aromatic heterocycles. The van der Waals surface area contributed by atoms with E-state index < -0.39 is 0 Å². The van der Waals surface area contributed by atoms with E-state index in [-0.39, 0.29) is 11.9 Å². The van der Waals surface area contributed by atoms with E-state index in [0.29, 0.717) is 12.6 Å². The summed E-state index contributed by atoms with van der Waals surface area (Å²) in [5.41, 5.74) is 0.890. The van der Waals surface area contributed by atoms with Gasteiger partial charge in [0.1, 0.15) is 6.33 Å². The van der Waals surface area contributed by atoms with Crippen LogP contribution >= 0.6 is 0 Å². The van der Waals surface area contributed by atoms with Crippen LogP contribution in [0.5, 0.6) is 0 Å². The lowest BCUT2D eigenvalue weighted by atomic mass is 10.3. The van der Waals surface area contributed by atoms with E-state index in [1.807, 2.05) is 13.0 Å². The fourth-order valence-electron chi connectivity index (χ4n) is 1.33. The standard InChI is InChI=1S/C11H16N4O/c1-8(11(16)15-9-2-3-9)13-6-10-4-5-12-7-14-10/h4-5,7-9,13H,2-3,6H2,1H3,(H,15,16). The Kier molecular flexibility index (Phi) is 3.46. The molecule has 5 nitrogen and oxygen atoms in total. The van der Waals surface area contributed by atoms with Crippen molar-refractivity contribution in [2.24, 2.45) is 0 Å². The molecule has 1 aliphatic carbocycles. The number of nitrogens with zero attached hydrogens (tertiary/aromatic N) is 2. The number of hydrogen-bond donors (Lipinski definition) is 2. The van der Waals surface area contributed by atoms with Crippen molar-refractivity contribution >= 4 is 5.91 Å². The molecule has 1 fully saturated rings. The smallest absolute Gasteiger partial charge is 0.237 e. The molecule has 0 bridgehead atoms. The number of nitrogens with one attached hydrogen (secondary N) is 2. The van der Waals surface area contributed by atoms with Crippen LogP contribution in [0.25, 0.3) is 0 Å². The number of rotatable bonds is 5. The molecule has 16 heavy (non-hydrogen) atoms. The summed E-state index contributed by atoms with van der Waals surface area (Å²) in [6.45, 7) is 2.45. The summed E-state index contributed by atoms with van der Waals surface area (Å²) < 4.78 is 0. The van der Waals surface area contributed by atoms with Gasteiger partial charge in [-0.3, -0.25) is 4.79 Å². The minimum Gasteiger partial charge on any atom is -0.352 e. The molecule has 1 amide bonds. The van der Waals surface area contributed by atoms with Gasteiger partial charge >= 0.3 is 0 Å². The Morgan fingerprint density at radius 2 is 2.44 bits per heavy atom. The number of carbonyl (C=O) groups is 1. The number of carbonyl (C=O) groups excluding carboxylic acids is 1. The second kappa shape index (κ2) is 5.03. The Morgan fingerprint density at radius 1 is 1.62 bits per heavy atom. The quantitative estimate of drug-likeness (QED) is 0.745. The molecule has 0 aliphatic heterocycles. The Bertz CT molecular complexity index is 350. The lowest BCUT2D eigenvalue weighted by molar-refractivity contribution is -0.122. The summed E-state index contributed by atoms with van der Waals surface area (Å²) in [6.07, 6.45) is 5.43. The van der Waals surface area contributed by atoms with Crippen LogP contribution in [0.3, 0.4) is 0 Å². The average Bonchev–Trinajstić information content (AvgIpc) is 3.11. The van der Waals surface area contributed by atoms with Gasteiger partial charge in [-0.05, 0) is 25.8 Å². The predicted octanol–water partition coefficient (Wildman–Crippen LogP) is 0.233. The van der Waals surface area contributed by atoms with Crippen molar-refractivity contribution < 1.29 is 4.79 Å². The van der Waals surface area contributed by atoms with Crippen LogP contribution in [-0.4, -0.2) is 28.0 Å². The largest absolute Gasteiger partial charge is 0.352 e. The first-order valence-electron chi connectivity index (χ1n) is 5.54. The van der Waals surface area contributed by atoms with Crippen LogP contribution in [0.15, 0.2) is 18.6 Å². The van der Waals surface area contributed by atoms with E-state index in [4.69, 9.17) is 0 Å². The Hall–Kier alpha value is -1.49. The second-order valence-corrected chi connectivity index (χ2v) is 4.09. The van der Waals surface area contributed by atoms with Gasteiger partial charge in [-0.2, -0.15) is 0 Å². The predicted molar refractivity (Wildman–Crippen MR) is 59.5 cm³/mol. The molecule has 1 unspecified atom stereocenters. The summed E-state index contributed by atoms with van der Waals surface area (Å²) in [4.78, 5) is 19.5. The maximum Gasteiger partial charge on any atom is 0.237 e. The molecule has 5 heteroatoms. The molecule has 2 N–H and O–H groups in total. The van der Waals surface area contributed by atoms with E-state index in [9.17, 15) is 4.79 Å². The summed E-state index contributed by atoms with van der Waals surface area (Å²) >= 11 is 0. The van der Waals surface area contributed by atoms with Crippen LogP contribution in [-0.2, 0) is 11.3 Å². The molecule has 0 radical (unpaired) electrons. The van der Waals surface area contributed by atoms with E-state index >= 15 is 0 Å². The van der Waals surface area contributed by atoms with Crippen molar-refractivity contribution in [2.45, 2.75) is 38.4 Å². The molecule has 0 spiro atoms. The van der Waals surface area contributed by atoms with E-state index in [2.05, 4.69) is 20.6 Å². The highest BCUT2D eigenvalue weighted by molar-refractivity contribution is 5.81. The zero-order chi connectivity index (χ0) is 11.4. The van der Waals surface area contributed by atoms with Crippen molar-refractivity contribution in [3.8, 4) is 0 Å². The molecule has 2 rings (SSSR count). The molecule has 1 saturated carbocycles. The van der Waals surface area contributed by atoms with E-state index in [0.717, 1.165) is 18.5 Å². The average molecular weight is 220 g/mol. The minimum atomic E-state index is -0.185. The zero-order valence-electron chi connectivity index (χ0n) is 9.31. The van der Waals surface area contributed by atoms with Gasteiger partial charge in [0, 0.05) is 18.8 Å². The van der Waals surface area contributed by atoms with Crippen molar-refractivity contribution in [3.63, 3.8) is 0 Å². The fraction of sp³-hybridized carbons (Fsp3) is 0.545. The third-order valence-electron chi connectivity index (χ3n) is 2.55. The second-order valence-electron chi connectivity index (χ2n) is 4.09. The molecule has 0 aromatic carbocycles. The fourth-order valence-corrected chi connectivity index (χ4v) is 1.33. The van der Waals surface area contributed by atoms with Gasteiger partial charge in [0.25, 0.3) is 0 Å². The van der Waals surface area contributed by atoms with E-state index in [1.165, 1.54) is 6.33 Å².